The third kappa shape index (κ3) is 10.3. The number of hydrogen-bond donors (Lipinski definition) is 3. The van der Waals surface area contributed by atoms with E-state index in [9.17, 15) is 4.79 Å². The van der Waals surface area contributed by atoms with Gasteiger partial charge in [0.05, 0.1) is 13.7 Å². The summed E-state index contributed by atoms with van der Waals surface area (Å²) in [4.78, 5) is 15.8. The second-order valence-corrected chi connectivity index (χ2v) is 6.43. The Morgan fingerprint density at radius 2 is 1.85 bits per heavy atom. The number of benzene rings is 1. The summed E-state index contributed by atoms with van der Waals surface area (Å²) in [6, 6.07) is 5.59. The van der Waals surface area contributed by atoms with Crippen LogP contribution in [0.5, 0.6) is 11.5 Å². The van der Waals surface area contributed by atoms with Crippen LogP contribution in [0.4, 0.5) is 0 Å². The molecular formula is C20H34N4O3. The summed E-state index contributed by atoms with van der Waals surface area (Å²) in [5.41, 5.74) is 11.5. The highest BCUT2D eigenvalue weighted by molar-refractivity contribution is 5.76. The van der Waals surface area contributed by atoms with Gasteiger partial charge >= 0.3 is 0 Å². The van der Waals surface area contributed by atoms with Crippen molar-refractivity contribution in [3.05, 3.63) is 23.8 Å². The van der Waals surface area contributed by atoms with Crippen LogP contribution in [0.2, 0.25) is 0 Å². The molecule has 152 valence electrons. The zero-order valence-electron chi connectivity index (χ0n) is 16.6. The summed E-state index contributed by atoms with van der Waals surface area (Å²) in [6.07, 6.45) is 7.64. The number of nitrogens with one attached hydrogen (secondary N) is 1. The monoisotopic (exact) mass is 378 g/mol. The quantitative estimate of drug-likeness (QED) is 0.262. The lowest BCUT2D eigenvalue weighted by Crippen LogP contribution is -2.23. The van der Waals surface area contributed by atoms with E-state index >= 15 is 0 Å². The van der Waals surface area contributed by atoms with Gasteiger partial charge in [0.1, 0.15) is 6.61 Å². The number of rotatable bonds is 14. The molecule has 1 aromatic rings. The Morgan fingerprint density at radius 1 is 1.11 bits per heavy atom. The number of amides is 1. The van der Waals surface area contributed by atoms with Gasteiger partial charge in [-0.25, -0.2) is 0 Å². The van der Waals surface area contributed by atoms with E-state index in [4.69, 9.17) is 20.9 Å². The van der Waals surface area contributed by atoms with E-state index in [0.29, 0.717) is 37.6 Å². The largest absolute Gasteiger partial charge is 0.493 e. The lowest BCUT2D eigenvalue weighted by atomic mass is 10.1. The Morgan fingerprint density at radius 3 is 2.56 bits per heavy atom. The van der Waals surface area contributed by atoms with Gasteiger partial charge in [0, 0.05) is 13.0 Å². The fraction of sp³-hybridized carbons (Fsp3) is 0.600. The number of nitrogens with two attached hydrogens (primary N) is 2. The molecule has 0 saturated carbocycles. The number of aliphatic imine (C=N–C) groups is 1. The van der Waals surface area contributed by atoms with E-state index in [1.165, 1.54) is 25.7 Å². The van der Waals surface area contributed by atoms with E-state index in [1.807, 2.05) is 18.2 Å². The number of nitrogens with zero attached hydrogens (tertiary/aromatic N) is 1. The van der Waals surface area contributed by atoms with Crippen molar-refractivity contribution in [1.82, 2.24) is 5.32 Å². The molecule has 0 saturated heterocycles. The predicted octanol–water partition coefficient (Wildman–Crippen LogP) is 2.71. The molecule has 0 bridgehead atoms. The molecule has 0 fully saturated rings. The normalized spacial score (nSPS) is 10.3. The molecule has 0 spiro atoms. The molecule has 1 rings (SSSR count). The highest BCUT2D eigenvalue weighted by Gasteiger charge is 2.07. The Balaban J connectivity index is 2.36. The Kier molecular flexibility index (Phi) is 11.5. The summed E-state index contributed by atoms with van der Waals surface area (Å²) in [6.45, 7) is 3.40. The molecule has 27 heavy (non-hydrogen) atoms. The van der Waals surface area contributed by atoms with Crippen molar-refractivity contribution in [2.24, 2.45) is 16.5 Å². The van der Waals surface area contributed by atoms with Crippen LogP contribution >= 0.6 is 0 Å². The maximum absolute atomic E-state index is 12.0. The minimum Gasteiger partial charge on any atom is -0.493 e. The van der Waals surface area contributed by atoms with Crippen LogP contribution in [-0.2, 0) is 11.3 Å². The standard InChI is InChI=1S/C20H34N4O3/c1-3-4-5-6-7-8-9-19(25)24-15-16-10-11-17(18(14-16)26-2)27-13-12-23-20(21)22/h10-11,14H,3-9,12-13,15H2,1-2H3,(H,24,25)(H4,21,22,23). The highest BCUT2D eigenvalue weighted by Crippen LogP contribution is 2.28. The van der Waals surface area contributed by atoms with Gasteiger partial charge in [-0.05, 0) is 24.1 Å². The first kappa shape index (κ1) is 22.6. The van der Waals surface area contributed by atoms with Gasteiger partial charge in [-0.3, -0.25) is 9.79 Å². The van der Waals surface area contributed by atoms with Crippen molar-refractivity contribution >= 4 is 11.9 Å². The third-order valence-electron chi connectivity index (χ3n) is 4.12. The summed E-state index contributed by atoms with van der Waals surface area (Å²) in [5, 5.41) is 2.96. The van der Waals surface area contributed by atoms with Crippen LogP contribution < -0.4 is 26.3 Å². The van der Waals surface area contributed by atoms with E-state index < -0.39 is 0 Å². The maximum atomic E-state index is 12.0. The number of guanidine groups is 1. The zero-order valence-corrected chi connectivity index (χ0v) is 16.6. The number of unbranched alkanes of at least 4 members (excludes halogenated alkanes) is 5. The third-order valence-corrected chi connectivity index (χ3v) is 4.12. The van der Waals surface area contributed by atoms with Crippen molar-refractivity contribution in [2.75, 3.05) is 20.3 Å². The van der Waals surface area contributed by atoms with Gasteiger partial charge in [0.25, 0.3) is 0 Å². The number of methoxy groups -OCH3 is 1. The lowest BCUT2D eigenvalue weighted by molar-refractivity contribution is -0.121. The maximum Gasteiger partial charge on any atom is 0.220 e. The molecular weight excluding hydrogens is 344 g/mol. The highest BCUT2D eigenvalue weighted by atomic mass is 16.5. The van der Waals surface area contributed by atoms with E-state index in [2.05, 4.69) is 17.2 Å². The van der Waals surface area contributed by atoms with Crippen molar-refractivity contribution in [2.45, 2.75) is 58.4 Å². The minimum absolute atomic E-state index is 0.0395. The number of carbonyl (C=O) groups excluding carboxylic acids is 1. The van der Waals surface area contributed by atoms with Gasteiger partial charge in [0.2, 0.25) is 5.91 Å². The van der Waals surface area contributed by atoms with Crippen LogP contribution in [-0.4, -0.2) is 32.1 Å². The number of ether oxygens (including phenoxy) is 2. The van der Waals surface area contributed by atoms with E-state index in [-0.39, 0.29) is 11.9 Å². The summed E-state index contributed by atoms with van der Waals surface area (Å²) in [7, 11) is 1.58. The SMILES string of the molecule is CCCCCCCCC(=O)NCc1ccc(OCCN=C(N)N)c(OC)c1. The first-order chi connectivity index (χ1) is 13.1. The first-order valence-corrected chi connectivity index (χ1v) is 9.68. The van der Waals surface area contributed by atoms with Gasteiger partial charge < -0.3 is 26.3 Å². The zero-order chi connectivity index (χ0) is 19.9. The lowest BCUT2D eigenvalue weighted by Gasteiger charge is -2.12. The minimum atomic E-state index is 0.0395. The molecule has 1 amide bonds. The second-order valence-electron chi connectivity index (χ2n) is 6.43. The Hall–Kier alpha value is -2.44. The van der Waals surface area contributed by atoms with Crippen LogP contribution in [0.15, 0.2) is 23.2 Å². The molecule has 0 aliphatic heterocycles. The number of hydrogen-bond acceptors (Lipinski definition) is 4. The second kappa shape index (κ2) is 13.7. The topological polar surface area (TPSA) is 112 Å². The molecule has 0 radical (unpaired) electrons. The molecule has 0 aliphatic carbocycles. The molecule has 0 heterocycles. The predicted molar refractivity (Wildman–Crippen MR) is 109 cm³/mol. The van der Waals surface area contributed by atoms with Crippen molar-refractivity contribution in [1.29, 1.82) is 0 Å². The van der Waals surface area contributed by atoms with Gasteiger partial charge in [-0.15, -0.1) is 0 Å². The van der Waals surface area contributed by atoms with Crippen LogP contribution in [0, 0.1) is 0 Å². The first-order valence-electron chi connectivity index (χ1n) is 9.68. The Bertz CT molecular complexity index is 587. The summed E-state index contributed by atoms with van der Waals surface area (Å²) >= 11 is 0. The van der Waals surface area contributed by atoms with Crippen molar-refractivity contribution < 1.29 is 14.3 Å². The van der Waals surface area contributed by atoms with Crippen LogP contribution in [0.25, 0.3) is 0 Å². The molecule has 1 aromatic carbocycles. The fourth-order valence-corrected chi connectivity index (χ4v) is 2.63. The smallest absolute Gasteiger partial charge is 0.220 e. The molecule has 0 aliphatic rings. The number of carbonyl (C=O) groups is 1. The molecule has 0 atom stereocenters. The summed E-state index contributed by atoms with van der Waals surface area (Å²) in [5.74, 6) is 1.35. The van der Waals surface area contributed by atoms with E-state index in [0.717, 1.165) is 18.4 Å². The van der Waals surface area contributed by atoms with Gasteiger partial charge in [0.15, 0.2) is 17.5 Å². The average Bonchev–Trinajstić information content (AvgIpc) is 2.66. The van der Waals surface area contributed by atoms with Gasteiger partial charge in [-0.1, -0.05) is 45.1 Å². The molecule has 0 aromatic heterocycles. The summed E-state index contributed by atoms with van der Waals surface area (Å²) < 4.78 is 11.0. The van der Waals surface area contributed by atoms with Crippen molar-refractivity contribution in [3.63, 3.8) is 0 Å². The molecule has 7 heteroatoms. The van der Waals surface area contributed by atoms with Crippen LogP contribution in [0.3, 0.4) is 0 Å². The fourth-order valence-electron chi connectivity index (χ4n) is 2.63. The van der Waals surface area contributed by atoms with Crippen LogP contribution in [0.1, 0.15) is 57.4 Å². The van der Waals surface area contributed by atoms with Gasteiger partial charge in [-0.2, -0.15) is 0 Å². The Labute approximate surface area is 162 Å². The molecule has 7 nitrogen and oxygen atoms in total. The van der Waals surface area contributed by atoms with E-state index in [1.54, 1.807) is 7.11 Å². The molecule has 5 N–H and O–H groups in total. The molecule has 0 unspecified atom stereocenters. The average molecular weight is 379 g/mol. The van der Waals surface area contributed by atoms with Crippen molar-refractivity contribution in [3.8, 4) is 11.5 Å².